The summed E-state index contributed by atoms with van der Waals surface area (Å²) in [4.78, 5) is 25.1. The van der Waals surface area contributed by atoms with Crippen LogP contribution in [0.3, 0.4) is 0 Å². The van der Waals surface area contributed by atoms with Crippen LogP contribution in [0.5, 0.6) is 0 Å². The summed E-state index contributed by atoms with van der Waals surface area (Å²) in [5.74, 6) is 1.16. The van der Waals surface area contributed by atoms with Crippen molar-refractivity contribution < 1.29 is 9.21 Å². The van der Waals surface area contributed by atoms with Crippen LogP contribution in [0.4, 0.5) is 5.69 Å². The van der Waals surface area contributed by atoms with Gasteiger partial charge in [-0.2, -0.15) is 5.10 Å². The van der Waals surface area contributed by atoms with Crippen LogP contribution in [0.25, 0.3) is 11.3 Å². The van der Waals surface area contributed by atoms with E-state index >= 15 is 0 Å². The minimum Gasteiger partial charge on any atom is -0.466 e. The van der Waals surface area contributed by atoms with E-state index in [0.717, 1.165) is 40.8 Å². The molecule has 0 saturated heterocycles. The number of fused-ring (bicyclic) bond motifs is 1. The highest BCUT2D eigenvalue weighted by molar-refractivity contribution is 5.76. The van der Waals surface area contributed by atoms with Gasteiger partial charge in [0.15, 0.2) is 0 Å². The Balaban J connectivity index is 1.57. The maximum absolute atomic E-state index is 12.7. The molecule has 0 unspecified atom stereocenters. The molecule has 7 nitrogen and oxygen atoms in total. The van der Waals surface area contributed by atoms with E-state index < -0.39 is 5.56 Å². The lowest BCUT2D eigenvalue weighted by Crippen LogP contribution is -2.37. The van der Waals surface area contributed by atoms with Crippen molar-refractivity contribution in [2.24, 2.45) is 0 Å². The normalized spacial score (nSPS) is 15.7. The number of hydrogen-bond acceptors (Lipinski definition) is 5. The van der Waals surface area contributed by atoms with Crippen molar-refractivity contribution in [3.8, 4) is 11.3 Å². The summed E-state index contributed by atoms with van der Waals surface area (Å²) < 4.78 is 6.67. The number of nitrogens with zero attached hydrogens (tertiary/aromatic N) is 2. The van der Waals surface area contributed by atoms with Crippen molar-refractivity contribution in [3.05, 3.63) is 69.4 Å². The molecule has 1 aliphatic carbocycles. The molecule has 0 aliphatic heterocycles. The molecule has 1 amide bonds. The first-order valence-corrected chi connectivity index (χ1v) is 9.74. The summed E-state index contributed by atoms with van der Waals surface area (Å²) in [5.41, 5.74) is 9.13. The van der Waals surface area contributed by atoms with Gasteiger partial charge >= 0.3 is 0 Å². The van der Waals surface area contributed by atoms with E-state index in [1.165, 1.54) is 11.6 Å². The summed E-state index contributed by atoms with van der Waals surface area (Å²) in [6, 6.07) is 11.4. The zero-order chi connectivity index (χ0) is 20.5. The SMILES string of the molecule is Cc1cc(-c2cc(N)c(=O)n(CC(=O)N[C@H]3CCCc4ccccc43)n2)c(C)o1. The lowest BCUT2D eigenvalue weighted by Gasteiger charge is -2.26. The molecular formula is C22H24N4O3. The average Bonchev–Trinajstić information content (AvgIpc) is 3.03. The zero-order valence-corrected chi connectivity index (χ0v) is 16.6. The molecule has 1 atom stereocenters. The molecule has 150 valence electrons. The molecule has 0 saturated carbocycles. The molecule has 2 aromatic heterocycles. The molecular weight excluding hydrogens is 368 g/mol. The van der Waals surface area contributed by atoms with Gasteiger partial charge < -0.3 is 15.5 Å². The largest absolute Gasteiger partial charge is 0.466 e. The first-order valence-electron chi connectivity index (χ1n) is 9.74. The van der Waals surface area contributed by atoms with E-state index in [2.05, 4.69) is 16.5 Å². The van der Waals surface area contributed by atoms with E-state index in [0.29, 0.717) is 11.5 Å². The summed E-state index contributed by atoms with van der Waals surface area (Å²) >= 11 is 0. The number of furan rings is 1. The fraction of sp³-hybridized carbons (Fsp3) is 0.318. The van der Waals surface area contributed by atoms with Gasteiger partial charge in [-0.25, -0.2) is 4.68 Å². The number of benzene rings is 1. The first-order chi connectivity index (χ1) is 13.9. The van der Waals surface area contributed by atoms with Crippen molar-refractivity contribution in [3.63, 3.8) is 0 Å². The molecule has 0 fully saturated rings. The predicted molar refractivity (Wildman–Crippen MR) is 110 cm³/mol. The molecule has 0 spiro atoms. The maximum atomic E-state index is 12.7. The van der Waals surface area contributed by atoms with Crippen LogP contribution in [0.1, 0.15) is 41.5 Å². The zero-order valence-electron chi connectivity index (χ0n) is 16.6. The van der Waals surface area contributed by atoms with Gasteiger partial charge in [-0.3, -0.25) is 9.59 Å². The molecule has 3 N–H and O–H groups in total. The number of aryl methyl sites for hydroxylation is 3. The van der Waals surface area contributed by atoms with E-state index in [-0.39, 0.29) is 24.2 Å². The fourth-order valence-corrected chi connectivity index (χ4v) is 3.97. The third-order valence-corrected chi connectivity index (χ3v) is 5.32. The molecule has 1 aromatic carbocycles. The highest BCUT2D eigenvalue weighted by Gasteiger charge is 2.22. The quantitative estimate of drug-likeness (QED) is 0.711. The molecule has 4 rings (SSSR count). The number of nitrogens with two attached hydrogens (primary N) is 1. The molecule has 1 aliphatic rings. The number of aromatic nitrogens is 2. The number of anilines is 1. The number of hydrogen-bond donors (Lipinski definition) is 2. The van der Waals surface area contributed by atoms with Gasteiger partial charge in [0.1, 0.15) is 23.8 Å². The van der Waals surface area contributed by atoms with Crippen LogP contribution in [-0.4, -0.2) is 15.7 Å². The molecule has 29 heavy (non-hydrogen) atoms. The predicted octanol–water partition coefficient (Wildman–Crippen LogP) is 2.90. The van der Waals surface area contributed by atoms with Crippen molar-refractivity contribution in [1.82, 2.24) is 15.1 Å². The molecule has 2 heterocycles. The van der Waals surface area contributed by atoms with Gasteiger partial charge in [-0.15, -0.1) is 0 Å². The van der Waals surface area contributed by atoms with Crippen molar-refractivity contribution in [2.45, 2.75) is 45.7 Å². The van der Waals surface area contributed by atoms with Gasteiger partial charge in [-0.1, -0.05) is 24.3 Å². The summed E-state index contributed by atoms with van der Waals surface area (Å²) in [6.45, 7) is 3.47. The highest BCUT2D eigenvalue weighted by atomic mass is 16.3. The second kappa shape index (κ2) is 7.58. The number of carbonyl (C=O) groups is 1. The first kappa shape index (κ1) is 19.0. The van der Waals surface area contributed by atoms with Crippen LogP contribution in [0, 0.1) is 13.8 Å². The topological polar surface area (TPSA) is 103 Å². The number of rotatable bonds is 4. The second-order valence-electron chi connectivity index (χ2n) is 7.49. The van der Waals surface area contributed by atoms with Crippen molar-refractivity contribution in [1.29, 1.82) is 0 Å². The molecule has 3 aromatic rings. The van der Waals surface area contributed by atoms with Crippen LogP contribution in [0.2, 0.25) is 0 Å². The van der Waals surface area contributed by atoms with Gasteiger partial charge in [0.2, 0.25) is 5.91 Å². The van der Waals surface area contributed by atoms with Crippen molar-refractivity contribution in [2.75, 3.05) is 5.73 Å². The monoisotopic (exact) mass is 392 g/mol. The fourth-order valence-electron chi connectivity index (χ4n) is 3.97. The van der Waals surface area contributed by atoms with Gasteiger partial charge in [0.05, 0.1) is 11.7 Å². The standard InChI is InChI=1S/C22H24N4O3/c1-13-10-17(14(2)29-13)20-11-18(23)22(28)26(25-20)12-21(27)24-19-9-5-7-15-6-3-4-8-16(15)19/h3-4,6,8,10-11,19H,5,7,9,12,23H2,1-2H3,(H,24,27)/t19-/m0/s1. The molecule has 0 radical (unpaired) electrons. The third-order valence-electron chi connectivity index (χ3n) is 5.32. The van der Waals surface area contributed by atoms with Crippen molar-refractivity contribution >= 4 is 11.6 Å². The van der Waals surface area contributed by atoms with Crippen LogP contribution >= 0.6 is 0 Å². The summed E-state index contributed by atoms with van der Waals surface area (Å²) in [5, 5.41) is 7.41. The van der Waals surface area contributed by atoms with E-state index in [9.17, 15) is 9.59 Å². The third kappa shape index (κ3) is 3.81. The van der Waals surface area contributed by atoms with Gasteiger partial charge in [-0.05, 0) is 56.4 Å². The minimum atomic E-state index is -0.481. The van der Waals surface area contributed by atoms with Gasteiger partial charge in [0, 0.05) is 5.56 Å². The Bertz CT molecular complexity index is 1130. The summed E-state index contributed by atoms with van der Waals surface area (Å²) in [7, 11) is 0. The Kier molecular flexibility index (Phi) is 4.96. The Hall–Kier alpha value is -3.35. The number of nitrogen functional groups attached to an aromatic ring is 1. The Morgan fingerprint density at radius 1 is 1.31 bits per heavy atom. The lowest BCUT2D eigenvalue weighted by molar-refractivity contribution is -0.122. The lowest BCUT2D eigenvalue weighted by atomic mass is 9.88. The Morgan fingerprint density at radius 3 is 2.86 bits per heavy atom. The molecule has 7 heteroatoms. The average molecular weight is 392 g/mol. The Labute approximate surface area is 168 Å². The summed E-state index contributed by atoms with van der Waals surface area (Å²) in [6.07, 6.45) is 2.91. The number of carbonyl (C=O) groups excluding carboxylic acids is 1. The highest BCUT2D eigenvalue weighted by Crippen LogP contribution is 2.29. The van der Waals surface area contributed by atoms with E-state index in [1.54, 1.807) is 0 Å². The van der Waals surface area contributed by atoms with E-state index in [1.807, 2.05) is 38.1 Å². The van der Waals surface area contributed by atoms with E-state index in [4.69, 9.17) is 10.2 Å². The van der Waals surface area contributed by atoms with Gasteiger partial charge in [0.25, 0.3) is 5.56 Å². The minimum absolute atomic E-state index is 0.0454. The van der Waals surface area contributed by atoms with Crippen LogP contribution < -0.4 is 16.6 Å². The Morgan fingerprint density at radius 2 is 2.10 bits per heavy atom. The van der Waals surface area contributed by atoms with Crippen LogP contribution in [-0.2, 0) is 17.8 Å². The smallest absolute Gasteiger partial charge is 0.290 e. The second-order valence-corrected chi connectivity index (χ2v) is 7.49. The molecule has 0 bridgehead atoms. The maximum Gasteiger partial charge on any atom is 0.290 e. The van der Waals surface area contributed by atoms with Crippen LogP contribution in [0.15, 0.2) is 45.6 Å². The number of nitrogens with one attached hydrogen (secondary N) is 1. The number of amides is 1.